The van der Waals surface area contributed by atoms with Crippen molar-refractivity contribution in [3.05, 3.63) is 57.6 Å². The predicted octanol–water partition coefficient (Wildman–Crippen LogP) is 4.80. The van der Waals surface area contributed by atoms with E-state index in [1.807, 2.05) is 13.8 Å². The number of halogens is 2. The Labute approximate surface area is 170 Å². The zero-order valence-electron chi connectivity index (χ0n) is 15.4. The number of carbonyl (C=O) groups excluding carboxylic acids is 1. The largest absolute Gasteiger partial charge is 0.326 e. The maximum Gasteiger partial charge on any atom is 0.232 e. The van der Waals surface area contributed by atoms with Gasteiger partial charge < -0.3 is 5.32 Å². The van der Waals surface area contributed by atoms with Gasteiger partial charge in [-0.2, -0.15) is 0 Å². The van der Waals surface area contributed by atoms with Crippen LogP contribution in [0.4, 0.5) is 11.4 Å². The highest BCUT2D eigenvalue weighted by Gasteiger charge is 2.20. The first-order chi connectivity index (χ1) is 12.6. The second-order valence-corrected chi connectivity index (χ2v) is 9.16. The third-order valence-electron chi connectivity index (χ3n) is 4.07. The third-order valence-corrected chi connectivity index (χ3v) is 5.72. The number of nitrogens with one attached hydrogen (secondary N) is 1. The average molecular weight is 429 g/mol. The number of hydrogen-bond acceptors (Lipinski definition) is 3. The molecule has 2 aromatic carbocycles. The molecule has 0 fully saturated rings. The summed E-state index contributed by atoms with van der Waals surface area (Å²) in [6.07, 6.45) is 1.70. The molecule has 27 heavy (non-hydrogen) atoms. The van der Waals surface area contributed by atoms with Crippen molar-refractivity contribution in [2.24, 2.45) is 0 Å². The van der Waals surface area contributed by atoms with Gasteiger partial charge in [-0.05, 0) is 61.7 Å². The standard InChI is InChI=1S/C19H22Cl2N2O3S/c1-13-6-7-16(21)12-18(13)23(27(3,25)26)10-4-5-19(24)22-17-9-8-15(20)11-14(17)2/h6-9,11-12H,4-5,10H2,1-3H3,(H,22,24). The number of sulfonamides is 1. The Hall–Kier alpha value is -1.76. The summed E-state index contributed by atoms with van der Waals surface area (Å²) in [5.74, 6) is -0.184. The summed E-state index contributed by atoms with van der Waals surface area (Å²) in [6.45, 7) is 3.86. The summed E-state index contributed by atoms with van der Waals surface area (Å²) in [5.41, 5.74) is 2.88. The molecule has 5 nitrogen and oxygen atoms in total. The van der Waals surface area contributed by atoms with E-state index in [-0.39, 0.29) is 18.9 Å². The van der Waals surface area contributed by atoms with Crippen molar-refractivity contribution >= 4 is 50.5 Å². The molecule has 1 N–H and O–H groups in total. The van der Waals surface area contributed by atoms with Gasteiger partial charge in [-0.1, -0.05) is 29.3 Å². The van der Waals surface area contributed by atoms with E-state index >= 15 is 0 Å². The highest BCUT2D eigenvalue weighted by atomic mass is 35.5. The third kappa shape index (κ3) is 6.13. The molecule has 0 spiro atoms. The molecule has 0 bridgehead atoms. The van der Waals surface area contributed by atoms with Crippen LogP contribution >= 0.6 is 23.2 Å². The molecular formula is C19H22Cl2N2O3S. The minimum atomic E-state index is -3.50. The molecular weight excluding hydrogens is 407 g/mol. The van der Waals surface area contributed by atoms with Gasteiger partial charge in [0, 0.05) is 28.7 Å². The van der Waals surface area contributed by atoms with Gasteiger partial charge >= 0.3 is 0 Å². The van der Waals surface area contributed by atoms with Crippen LogP contribution in [0.3, 0.4) is 0 Å². The van der Waals surface area contributed by atoms with Crippen molar-refractivity contribution in [2.45, 2.75) is 26.7 Å². The molecule has 0 aliphatic rings. The molecule has 0 aromatic heterocycles. The highest BCUT2D eigenvalue weighted by molar-refractivity contribution is 7.92. The average Bonchev–Trinajstić information content (AvgIpc) is 2.56. The van der Waals surface area contributed by atoms with Crippen molar-refractivity contribution in [3.8, 4) is 0 Å². The molecule has 0 saturated heterocycles. The fourth-order valence-corrected chi connectivity index (χ4v) is 4.09. The van der Waals surface area contributed by atoms with Gasteiger partial charge in [-0.3, -0.25) is 9.10 Å². The maximum absolute atomic E-state index is 12.2. The van der Waals surface area contributed by atoms with Gasteiger partial charge in [0.15, 0.2) is 0 Å². The summed E-state index contributed by atoms with van der Waals surface area (Å²) in [6, 6.07) is 10.3. The van der Waals surface area contributed by atoms with Gasteiger partial charge in [0.25, 0.3) is 0 Å². The normalized spacial score (nSPS) is 11.3. The van der Waals surface area contributed by atoms with E-state index in [9.17, 15) is 13.2 Å². The topological polar surface area (TPSA) is 66.5 Å². The smallest absolute Gasteiger partial charge is 0.232 e. The Morgan fingerprint density at radius 2 is 1.67 bits per heavy atom. The first-order valence-corrected chi connectivity index (χ1v) is 11.0. The Bertz CT molecular complexity index is 946. The fraction of sp³-hybridized carbons (Fsp3) is 0.316. The van der Waals surface area contributed by atoms with E-state index in [1.54, 1.807) is 36.4 Å². The monoisotopic (exact) mass is 428 g/mol. The van der Waals surface area contributed by atoms with E-state index in [4.69, 9.17) is 23.2 Å². The van der Waals surface area contributed by atoms with Gasteiger partial charge in [-0.25, -0.2) is 8.42 Å². The lowest BCUT2D eigenvalue weighted by molar-refractivity contribution is -0.116. The van der Waals surface area contributed by atoms with Crippen LogP contribution in [0.2, 0.25) is 10.0 Å². The number of amides is 1. The number of nitrogens with zero attached hydrogens (tertiary/aromatic N) is 1. The van der Waals surface area contributed by atoms with Crippen LogP contribution in [-0.2, 0) is 14.8 Å². The zero-order chi connectivity index (χ0) is 20.2. The Kier molecular flexibility index (Phi) is 7.14. The molecule has 0 saturated carbocycles. The molecule has 8 heteroatoms. The van der Waals surface area contributed by atoms with E-state index < -0.39 is 10.0 Å². The van der Waals surface area contributed by atoms with Crippen LogP contribution in [0.1, 0.15) is 24.0 Å². The lowest BCUT2D eigenvalue weighted by Gasteiger charge is -2.24. The summed E-state index contributed by atoms with van der Waals surface area (Å²) in [5, 5.41) is 3.88. The molecule has 0 atom stereocenters. The second-order valence-electron chi connectivity index (χ2n) is 6.38. The molecule has 0 aliphatic carbocycles. The van der Waals surface area contributed by atoms with Gasteiger partial charge in [0.2, 0.25) is 15.9 Å². The fourth-order valence-electron chi connectivity index (χ4n) is 2.68. The number of benzene rings is 2. The molecule has 0 radical (unpaired) electrons. The van der Waals surface area contributed by atoms with Crippen LogP contribution in [0.25, 0.3) is 0 Å². The summed E-state index contributed by atoms with van der Waals surface area (Å²) < 4.78 is 25.7. The minimum Gasteiger partial charge on any atom is -0.326 e. The minimum absolute atomic E-state index is 0.184. The summed E-state index contributed by atoms with van der Waals surface area (Å²) >= 11 is 11.9. The van der Waals surface area contributed by atoms with Gasteiger partial charge in [-0.15, -0.1) is 0 Å². The quantitative estimate of drug-likeness (QED) is 0.688. The second kappa shape index (κ2) is 8.95. The molecule has 0 heterocycles. The molecule has 2 aromatic rings. The van der Waals surface area contributed by atoms with Crippen molar-refractivity contribution in [1.29, 1.82) is 0 Å². The van der Waals surface area contributed by atoms with E-state index in [2.05, 4.69) is 5.32 Å². The SMILES string of the molecule is Cc1cc(Cl)ccc1NC(=O)CCCN(c1cc(Cl)ccc1C)S(C)(=O)=O. The first-order valence-electron chi connectivity index (χ1n) is 8.38. The van der Waals surface area contributed by atoms with E-state index in [1.165, 1.54) is 4.31 Å². The number of anilines is 2. The Morgan fingerprint density at radius 1 is 1.04 bits per heavy atom. The van der Waals surface area contributed by atoms with Gasteiger partial charge in [0.1, 0.15) is 0 Å². The molecule has 0 unspecified atom stereocenters. The van der Waals surface area contributed by atoms with Crippen molar-refractivity contribution in [3.63, 3.8) is 0 Å². The van der Waals surface area contributed by atoms with Crippen molar-refractivity contribution in [1.82, 2.24) is 0 Å². The molecule has 0 aliphatic heterocycles. The Balaban J connectivity index is 2.03. The lowest BCUT2D eigenvalue weighted by Crippen LogP contribution is -2.32. The van der Waals surface area contributed by atoms with Gasteiger partial charge in [0.05, 0.1) is 11.9 Å². The highest BCUT2D eigenvalue weighted by Crippen LogP contribution is 2.27. The number of hydrogen-bond donors (Lipinski definition) is 1. The number of carbonyl (C=O) groups is 1. The molecule has 1 amide bonds. The van der Waals surface area contributed by atoms with E-state index in [0.29, 0.717) is 27.8 Å². The number of rotatable bonds is 7. The van der Waals surface area contributed by atoms with Crippen LogP contribution in [-0.4, -0.2) is 27.1 Å². The van der Waals surface area contributed by atoms with Crippen LogP contribution < -0.4 is 9.62 Å². The first kappa shape index (κ1) is 21.5. The molecule has 2 rings (SSSR count). The predicted molar refractivity (Wildman–Crippen MR) is 112 cm³/mol. The molecule has 146 valence electrons. The summed E-state index contributed by atoms with van der Waals surface area (Å²) in [7, 11) is -3.50. The van der Waals surface area contributed by atoms with Crippen LogP contribution in [0.5, 0.6) is 0 Å². The lowest BCUT2D eigenvalue weighted by atomic mass is 10.2. The van der Waals surface area contributed by atoms with Crippen LogP contribution in [0.15, 0.2) is 36.4 Å². The summed E-state index contributed by atoms with van der Waals surface area (Å²) in [4.78, 5) is 12.2. The number of aryl methyl sites for hydroxylation is 2. The van der Waals surface area contributed by atoms with E-state index in [0.717, 1.165) is 17.4 Å². The van der Waals surface area contributed by atoms with Crippen LogP contribution in [0, 0.1) is 13.8 Å². The maximum atomic E-state index is 12.2. The van der Waals surface area contributed by atoms with Crippen molar-refractivity contribution < 1.29 is 13.2 Å². The van der Waals surface area contributed by atoms with Crippen molar-refractivity contribution in [2.75, 3.05) is 22.4 Å². The Morgan fingerprint density at radius 3 is 2.30 bits per heavy atom. The zero-order valence-corrected chi connectivity index (χ0v) is 17.7.